The molecule has 5 nitrogen and oxygen atoms in total. The van der Waals surface area contributed by atoms with E-state index >= 15 is 0 Å². The molecule has 2 aromatic rings. The second-order valence-electron chi connectivity index (χ2n) is 6.50. The van der Waals surface area contributed by atoms with Crippen LogP contribution >= 0.6 is 0 Å². The predicted octanol–water partition coefficient (Wildman–Crippen LogP) is 2.93. The average molecular weight is 337 g/mol. The molecule has 2 aliphatic heterocycles. The summed E-state index contributed by atoms with van der Waals surface area (Å²) in [6.45, 7) is 4.99. The Balaban J connectivity index is 1.54. The first-order chi connectivity index (χ1) is 12.3. The SMILES string of the molecule is CCOc1ncc(C2=CC3COCC(C2)N3Cc2ccccc2)cn1. The van der Waals surface area contributed by atoms with Crippen LogP contribution in [0.25, 0.3) is 5.57 Å². The highest BCUT2D eigenvalue weighted by Crippen LogP contribution is 2.33. The number of nitrogens with zero attached hydrogens (tertiary/aromatic N) is 3. The van der Waals surface area contributed by atoms with Gasteiger partial charge in [0.2, 0.25) is 0 Å². The van der Waals surface area contributed by atoms with Crippen LogP contribution in [0, 0.1) is 0 Å². The van der Waals surface area contributed by atoms with Crippen molar-refractivity contribution in [2.24, 2.45) is 0 Å². The van der Waals surface area contributed by atoms with E-state index in [0.717, 1.165) is 31.7 Å². The molecule has 2 aliphatic rings. The van der Waals surface area contributed by atoms with Crippen LogP contribution in [0.15, 0.2) is 48.8 Å². The van der Waals surface area contributed by atoms with E-state index < -0.39 is 0 Å². The normalized spacial score (nSPS) is 23.2. The molecule has 2 unspecified atom stereocenters. The minimum atomic E-state index is 0.300. The van der Waals surface area contributed by atoms with Gasteiger partial charge in [-0.3, -0.25) is 4.90 Å². The minimum Gasteiger partial charge on any atom is -0.464 e. The first kappa shape index (κ1) is 16.2. The molecule has 1 saturated heterocycles. The Bertz CT molecular complexity index is 730. The van der Waals surface area contributed by atoms with Crippen molar-refractivity contribution in [3.05, 3.63) is 59.9 Å². The number of morpholine rings is 1. The Kier molecular flexibility index (Phi) is 4.76. The fraction of sp³-hybridized carbons (Fsp3) is 0.400. The van der Waals surface area contributed by atoms with Gasteiger partial charge in [0, 0.05) is 30.5 Å². The van der Waals surface area contributed by atoms with Gasteiger partial charge in [0.05, 0.1) is 25.9 Å². The number of hydrogen-bond acceptors (Lipinski definition) is 5. The van der Waals surface area contributed by atoms with Crippen molar-refractivity contribution in [1.29, 1.82) is 0 Å². The Morgan fingerprint density at radius 2 is 1.96 bits per heavy atom. The summed E-state index contributed by atoms with van der Waals surface area (Å²) < 4.78 is 11.1. The highest BCUT2D eigenvalue weighted by Gasteiger charge is 2.34. The Hall–Kier alpha value is -2.24. The molecule has 25 heavy (non-hydrogen) atoms. The topological polar surface area (TPSA) is 47.5 Å². The molecule has 0 radical (unpaired) electrons. The zero-order chi connectivity index (χ0) is 17.1. The lowest BCUT2D eigenvalue weighted by molar-refractivity contribution is -0.0402. The second kappa shape index (κ2) is 7.33. The maximum atomic E-state index is 5.80. The Labute approximate surface area is 148 Å². The van der Waals surface area contributed by atoms with Crippen molar-refractivity contribution in [3.8, 4) is 6.01 Å². The van der Waals surface area contributed by atoms with Gasteiger partial charge in [0.25, 0.3) is 0 Å². The standard InChI is InChI=1S/C20H23N3O2/c1-2-25-20-21-10-17(11-22-20)16-8-18-13-24-14-19(9-16)23(18)12-15-6-4-3-5-7-15/h3-8,10-11,18-19H,2,9,12-14H2,1H3. The molecule has 4 rings (SSSR count). The smallest absolute Gasteiger partial charge is 0.316 e. The van der Waals surface area contributed by atoms with Crippen molar-refractivity contribution in [2.45, 2.75) is 32.0 Å². The van der Waals surface area contributed by atoms with Crippen molar-refractivity contribution in [1.82, 2.24) is 14.9 Å². The summed E-state index contributed by atoms with van der Waals surface area (Å²) in [7, 11) is 0. The van der Waals surface area contributed by atoms with Crippen molar-refractivity contribution in [2.75, 3.05) is 19.8 Å². The fourth-order valence-corrected chi connectivity index (χ4v) is 3.60. The molecule has 1 fully saturated rings. The minimum absolute atomic E-state index is 0.300. The van der Waals surface area contributed by atoms with Gasteiger partial charge in [0.1, 0.15) is 0 Å². The zero-order valence-electron chi connectivity index (χ0n) is 14.5. The molecule has 3 heterocycles. The molecule has 1 aromatic carbocycles. The summed E-state index contributed by atoms with van der Waals surface area (Å²) in [5.74, 6) is 0. The molecule has 5 heteroatoms. The molecule has 2 atom stereocenters. The van der Waals surface area contributed by atoms with Crippen LogP contribution in [-0.2, 0) is 11.3 Å². The summed E-state index contributed by atoms with van der Waals surface area (Å²) in [6.07, 6.45) is 7.01. The van der Waals surface area contributed by atoms with Crippen LogP contribution in [0.2, 0.25) is 0 Å². The largest absolute Gasteiger partial charge is 0.464 e. The van der Waals surface area contributed by atoms with Gasteiger partial charge in [-0.05, 0) is 24.5 Å². The van der Waals surface area contributed by atoms with Crippen LogP contribution < -0.4 is 4.74 Å². The van der Waals surface area contributed by atoms with E-state index in [0.29, 0.717) is 24.7 Å². The van der Waals surface area contributed by atoms with Gasteiger partial charge < -0.3 is 9.47 Å². The van der Waals surface area contributed by atoms with Gasteiger partial charge in [-0.1, -0.05) is 36.4 Å². The van der Waals surface area contributed by atoms with Crippen molar-refractivity contribution >= 4 is 5.57 Å². The van der Waals surface area contributed by atoms with Crippen LogP contribution in [0.5, 0.6) is 6.01 Å². The molecular formula is C20H23N3O2. The third-order valence-corrected chi connectivity index (χ3v) is 4.82. The average Bonchev–Trinajstić information content (AvgIpc) is 2.63. The summed E-state index contributed by atoms with van der Waals surface area (Å²) in [6, 6.07) is 11.8. The van der Waals surface area contributed by atoms with E-state index in [2.05, 4.69) is 51.3 Å². The van der Waals surface area contributed by atoms with Crippen molar-refractivity contribution in [3.63, 3.8) is 0 Å². The summed E-state index contributed by atoms with van der Waals surface area (Å²) in [5, 5.41) is 0. The van der Waals surface area contributed by atoms with Gasteiger partial charge in [-0.15, -0.1) is 0 Å². The summed E-state index contributed by atoms with van der Waals surface area (Å²) >= 11 is 0. The van der Waals surface area contributed by atoms with Crippen LogP contribution in [0.4, 0.5) is 0 Å². The van der Waals surface area contributed by atoms with Crippen LogP contribution in [-0.4, -0.2) is 46.8 Å². The molecule has 0 aliphatic carbocycles. The number of benzene rings is 1. The number of rotatable bonds is 5. The quantitative estimate of drug-likeness (QED) is 0.839. The lowest BCUT2D eigenvalue weighted by atomic mass is 9.90. The molecule has 2 bridgehead atoms. The van der Waals surface area contributed by atoms with E-state index in [9.17, 15) is 0 Å². The van der Waals surface area contributed by atoms with E-state index in [1.54, 1.807) is 0 Å². The van der Waals surface area contributed by atoms with E-state index in [1.807, 2.05) is 19.3 Å². The molecular weight excluding hydrogens is 314 g/mol. The predicted molar refractivity (Wildman–Crippen MR) is 96.2 cm³/mol. The van der Waals surface area contributed by atoms with E-state index in [4.69, 9.17) is 9.47 Å². The fourth-order valence-electron chi connectivity index (χ4n) is 3.60. The number of aromatic nitrogens is 2. The number of ether oxygens (including phenoxy) is 2. The van der Waals surface area contributed by atoms with Gasteiger partial charge >= 0.3 is 6.01 Å². The molecule has 130 valence electrons. The highest BCUT2D eigenvalue weighted by atomic mass is 16.5. The molecule has 0 N–H and O–H groups in total. The second-order valence-corrected chi connectivity index (χ2v) is 6.50. The number of fused-ring (bicyclic) bond motifs is 2. The van der Waals surface area contributed by atoms with Crippen LogP contribution in [0.1, 0.15) is 24.5 Å². The third-order valence-electron chi connectivity index (χ3n) is 4.82. The summed E-state index contributed by atoms with van der Waals surface area (Å²) in [5.41, 5.74) is 3.74. The molecule has 1 aromatic heterocycles. The Morgan fingerprint density at radius 1 is 1.16 bits per heavy atom. The van der Waals surface area contributed by atoms with Gasteiger partial charge in [0.15, 0.2) is 0 Å². The number of hydrogen-bond donors (Lipinski definition) is 0. The van der Waals surface area contributed by atoms with E-state index in [1.165, 1.54) is 11.1 Å². The lowest BCUT2D eigenvalue weighted by Crippen LogP contribution is -2.53. The Morgan fingerprint density at radius 3 is 2.68 bits per heavy atom. The van der Waals surface area contributed by atoms with Crippen molar-refractivity contribution < 1.29 is 9.47 Å². The van der Waals surface area contributed by atoms with E-state index in [-0.39, 0.29) is 0 Å². The van der Waals surface area contributed by atoms with Crippen LogP contribution in [0.3, 0.4) is 0 Å². The lowest BCUT2D eigenvalue weighted by Gasteiger charge is -2.44. The third kappa shape index (κ3) is 3.57. The summed E-state index contributed by atoms with van der Waals surface area (Å²) in [4.78, 5) is 11.2. The maximum Gasteiger partial charge on any atom is 0.316 e. The molecule has 0 spiro atoms. The first-order valence-electron chi connectivity index (χ1n) is 8.87. The zero-order valence-corrected chi connectivity index (χ0v) is 14.5. The monoisotopic (exact) mass is 337 g/mol. The molecule has 0 amide bonds. The maximum absolute atomic E-state index is 5.80. The first-order valence-corrected chi connectivity index (χ1v) is 8.87. The highest BCUT2D eigenvalue weighted by molar-refractivity contribution is 5.66. The molecule has 0 saturated carbocycles. The van der Waals surface area contributed by atoms with Gasteiger partial charge in [-0.2, -0.15) is 0 Å². The van der Waals surface area contributed by atoms with Gasteiger partial charge in [-0.25, -0.2) is 9.97 Å².